The van der Waals surface area contributed by atoms with Gasteiger partial charge in [-0.1, -0.05) is 349 Å². The normalized spacial score (nSPS) is 12.3. The first-order valence-corrected chi connectivity index (χ1v) is 33.4. The van der Waals surface area contributed by atoms with Gasteiger partial charge in [0.2, 0.25) is 0 Å². The van der Waals surface area contributed by atoms with Crippen LogP contribution in [0.3, 0.4) is 0 Å². The van der Waals surface area contributed by atoms with Crippen LogP contribution in [0, 0.1) is 5.92 Å². The van der Waals surface area contributed by atoms with Crippen LogP contribution in [0.2, 0.25) is 0 Å². The maximum Gasteiger partial charge on any atom is 0.306 e. The average Bonchev–Trinajstić information content (AvgIpc) is 3.39. The summed E-state index contributed by atoms with van der Waals surface area (Å²) in [5.41, 5.74) is 0. The van der Waals surface area contributed by atoms with Gasteiger partial charge in [-0.2, -0.15) is 0 Å². The molecule has 0 saturated carbocycles. The fourth-order valence-corrected chi connectivity index (χ4v) is 10.5. The minimum Gasteiger partial charge on any atom is -0.462 e. The summed E-state index contributed by atoms with van der Waals surface area (Å²) in [4.78, 5) is 38.4. The van der Waals surface area contributed by atoms with E-state index in [0.29, 0.717) is 19.3 Å². The van der Waals surface area contributed by atoms with Crippen LogP contribution in [0.5, 0.6) is 0 Å². The largest absolute Gasteiger partial charge is 0.462 e. The molecule has 0 aliphatic rings. The van der Waals surface area contributed by atoms with E-state index in [-0.39, 0.29) is 31.1 Å². The molecule has 0 N–H and O–H groups in total. The highest BCUT2D eigenvalue weighted by Gasteiger charge is 2.19. The van der Waals surface area contributed by atoms with Gasteiger partial charge in [0, 0.05) is 19.3 Å². The van der Waals surface area contributed by atoms with E-state index in [1.807, 2.05) is 0 Å². The summed E-state index contributed by atoms with van der Waals surface area (Å²) in [6, 6.07) is 0. The zero-order valence-electron chi connectivity index (χ0n) is 50.1. The molecular formula is C67H130O6. The minimum atomic E-state index is -0.763. The molecule has 0 bridgehead atoms. The van der Waals surface area contributed by atoms with Gasteiger partial charge < -0.3 is 14.2 Å². The van der Waals surface area contributed by atoms with E-state index in [0.717, 1.165) is 63.7 Å². The first-order chi connectivity index (χ1) is 35.9. The fraction of sp³-hybridized carbons (Fsp3) is 0.955. The molecule has 434 valence electrons. The molecule has 0 aliphatic heterocycles. The molecule has 0 heterocycles. The van der Waals surface area contributed by atoms with E-state index in [4.69, 9.17) is 14.2 Å². The van der Waals surface area contributed by atoms with Crippen molar-refractivity contribution in [1.29, 1.82) is 0 Å². The van der Waals surface area contributed by atoms with E-state index >= 15 is 0 Å². The smallest absolute Gasteiger partial charge is 0.306 e. The van der Waals surface area contributed by atoms with Gasteiger partial charge >= 0.3 is 17.9 Å². The van der Waals surface area contributed by atoms with Gasteiger partial charge in [0.15, 0.2) is 6.10 Å². The van der Waals surface area contributed by atoms with Crippen LogP contribution in [-0.4, -0.2) is 37.2 Å². The summed E-state index contributed by atoms with van der Waals surface area (Å²) in [7, 11) is 0. The molecular weight excluding hydrogens is 901 g/mol. The molecule has 0 radical (unpaired) electrons. The number of carbonyl (C=O) groups excluding carboxylic acids is 3. The topological polar surface area (TPSA) is 78.9 Å². The van der Waals surface area contributed by atoms with Crippen LogP contribution >= 0.6 is 0 Å². The van der Waals surface area contributed by atoms with Crippen molar-refractivity contribution in [3.05, 3.63) is 0 Å². The predicted molar refractivity (Wildman–Crippen MR) is 317 cm³/mol. The van der Waals surface area contributed by atoms with Gasteiger partial charge in [0.05, 0.1) is 0 Å². The Labute approximate surface area is 457 Å². The lowest BCUT2D eigenvalue weighted by Crippen LogP contribution is -2.30. The Hall–Kier alpha value is -1.59. The van der Waals surface area contributed by atoms with Crippen molar-refractivity contribution >= 4 is 17.9 Å². The van der Waals surface area contributed by atoms with E-state index < -0.39 is 6.10 Å². The second-order valence-corrected chi connectivity index (χ2v) is 23.4. The molecule has 6 heteroatoms. The number of unbranched alkanes of at least 4 members (excludes halogenated alkanes) is 48. The Morgan fingerprint density at radius 3 is 0.712 bits per heavy atom. The second kappa shape index (κ2) is 61.3. The summed E-state index contributed by atoms with van der Waals surface area (Å²) in [5, 5.41) is 0. The molecule has 0 rings (SSSR count). The summed E-state index contributed by atoms with van der Waals surface area (Å²) in [6.07, 6.45) is 69.6. The molecule has 0 aromatic rings. The van der Waals surface area contributed by atoms with E-state index in [9.17, 15) is 14.4 Å². The summed E-state index contributed by atoms with van der Waals surface area (Å²) in [6.45, 7) is 9.14. The maximum atomic E-state index is 12.9. The Kier molecular flexibility index (Phi) is 59.9. The fourth-order valence-electron chi connectivity index (χ4n) is 10.5. The number of hydrogen-bond acceptors (Lipinski definition) is 6. The van der Waals surface area contributed by atoms with Crippen LogP contribution in [0.15, 0.2) is 0 Å². The van der Waals surface area contributed by atoms with Gasteiger partial charge in [-0.15, -0.1) is 0 Å². The number of carbonyl (C=O) groups is 3. The number of esters is 3. The molecule has 0 aliphatic carbocycles. The van der Waals surface area contributed by atoms with Crippen LogP contribution < -0.4 is 0 Å². The van der Waals surface area contributed by atoms with Crippen molar-refractivity contribution < 1.29 is 28.6 Å². The van der Waals surface area contributed by atoms with Crippen LogP contribution in [0.25, 0.3) is 0 Å². The van der Waals surface area contributed by atoms with Crippen LogP contribution in [-0.2, 0) is 28.6 Å². The van der Waals surface area contributed by atoms with Crippen molar-refractivity contribution in [3.8, 4) is 0 Å². The van der Waals surface area contributed by atoms with Crippen molar-refractivity contribution in [2.75, 3.05) is 13.2 Å². The van der Waals surface area contributed by atoms with Gasteiger partial charge in [0.25, 0.3) is 0 Å². The van der Waals surface area contributed by atoms with Crippen LogP contribution in [0.1, 0.15) is 387 Å². The van der Waals surface area contributed by atoms with Crippen molar-refractivity contribution in [2.24, 2.45) is 5.92 Å². The van der Waals surface area contributed by atoms with Crippen LogP contribution in [0.4, 0.5) is 0 Å². The molecule has 0 spiro atoms. The highest BCUT2D eigenvalue weighted by Crippen LogP contribution is 2.19. The third-order valence-corrected chi connectivity index (χ3v) is 15.9. The molecule has 0 amide bonds. The van der Waals surface area contributed by atoms with Crippen molar-refractivity contribution in [1.82, 2.24) is 0 Å². The molecule has 1 unspecified atom stereocenters. The summed E-state index contributed by atoms with van der Waals surface area (Å²) < 4.78 is 17.0. The Morgan fingerprint density at radius 1 is 0.274 bits per heavy atom. The quantitative estimate of drug-likeness (QED) is 0.0343. The minimum absolute atomic E-state index is 0.0608. The predicted octanol–water partition coefficient (Wildman–Crippen LogP) is 22.5. The Balaban J connectivity index is 4.26. The van der Waals surface area contributed by atoms with E-state index in [2.05, 4.69) is 27.7 Å². The highest BCUT2D eigenvalue weighted by molar-refractivity contribution is 5.71. The zero-order valence-corrected chi connectivity index (χ0v) is 50.1. The summed E-state index contributed by atoms with van der Waals surface area (Å²) >= 11 is 0. The molecule has 6 nitrogen and oxygen atoms in total. The number of rotatable bonds is 62. The van der Waals surface area contributed by atoms with Crippen molar-refractivity contribution in [2.45, 2.75) is 393 Å². The monoisotopic (exact) mass is 1030 g/mol. The second-order valence-electron chi connectivity index (χ2n) is 23.4. The van der Waals surface area contributed by atoms with Gasteiger partial charge in [-0.25, -0.2) is 0 Å². The molecule has 73 heavy (non-hydrogen) atoms. The molecule has 0 aromatic carbocycles. The van der Waals surface area contributed by atoms with Crippen molar-refractivity contribution in [3.63, 3.8) is 0 Å². The number of ether oxygens (including phenoxy) is 3. The molecule has 0 fully saturated rings. The van der Waals surface area contributed by atoms with E-state index in [1.165, 1.54) is 283 Å². The first-order valence-electron chi connectivity index (χ1n) is 33.4. The molecule has 0 saturated heterocycles. The average molecular weight is 1030 g/mol. The SMILES string of the molecule is CCCCCCCCCCCCCCCCCCCC(=O)O[C@H](COC(=O)CCCCCCCCCCCCCCCCCC)COC(=O)CCCCCCCCCCCCCCCCCCCCC(C)CC. The standard InChI is InChI=1S/C67H130O6/c1-5-8-10-12-14-16-18-20-22-26-32-36-40-44-48-52-56-60-67(70)73-64(61-71-65(68)58-54-50-46-42-38-34-30-23-21-19-17-15-13-11-9-6-2)62-72-66(69)59-55-51-47-43-39-35-31-28-25-24-27-29-33-37-41-45-49-53-57-63(4)7-3/h63-64H,5-62H2,1-4H3/t63?,64-/m1/s1. The maximum absolute atomic E-state index is 12.9. The first kappa shape index (κ1) is 71.4. The molecule has 0 aromatic heterocycles. The lowest BCUT2D eigenvalue weighted by Gasteiger charge is -2.18. The summed E-state index contributed by atoms with van der Waals surface area (Å²) in [5.74, 6) is 0.0862. The third kappa shape index (κ3) is 59.5. The van der Waals surface area contributed by atoms with E-state index in [1.54, 1.807) is 0 Å². The highest BCUT2D eigenvalue weighted by atomic mass is 16.6. The Bertz CT molecular complexity index is 1110. The molecule has 2 atom stereocenters. The zero-order chi connectivity index (χ0) is 53.0. The lowest BCUT2D eigenvalue weighted by molar-refractivity contribution is -0.167. The van der Waals surface area contributed by atoms with Gasteiger partial charge in [-0.05, 0) is 25.2 Å². The number of hydrogen-bond donors (Lipinski definition) is 0. The van der Waals surface area contributed by atoms with Gasteiger partial charge in [0.1, 0.15) is 13.2 Å². The Morgan fingerprint density at radius 2 is 0.479 bits per heavy atom. The lowest BCUT2D eigenvalue weighted by atomic mass is 9.99. The van der Waals surface area contributed by atoms with Gasteiger partial charge in [-0.3, -0.25) is 14.4 Å². The third-order valence-electron chi connectivity index (χ3n) is 15.9.